The van der Waals surface area contributed by atoms with E-state index >= 15 is 0 Å². The third-order valence-corrected chi connectivity index (χ3v) is 5.17. The summed E-state index contributed by atoms with van der Waals surface area (Å²) in [5, 5.41) is 3.76. The Hall–Kier alpha value is -3.37. The van der Waals surface area contributed by atoms with E-state index in [0.717, 1.165) is 16.8 Å². The Morgan fingerprint density at radius 1 is 0.793 bits per heavy atom. The first kappa shape index (κ1) is 19.0. The lowest BCUT2D eigenvalue weighted by Crippen LogP contribution is -2.32. The number of nitrogens with one attached hydrogen (secondary N) is 1. The first-order valence-electron chi connectivity index (χ1n) is 9.24. The summed E-state index contributed by atoms with van der Waals surface area (Å²) < 4.78 is 0. The maximum atomic E-state index is 13.3. The van der Waals surface area contributed by atoms with Crippen molar-refractivity contribution in [2.24, 2.45) is 0 Å². The lowest BCUT2D eigenvalue weighted by Gasteiger charge is -2.16. The predicted octanol–water partition coefficient (Wildman–Crippen LogP) is 5.35. The number of amides is 2. The van der Waals surface area contributed by atoms with Gasteiger partial charge in [0.05, 0.1) is 11.3 Å². The minimum atomic E-state index is -0.382. The molecule has 2 amide bonds. The van der Waals surface area contributed by atoms with Gasteiger partial charge in [-0.05, 0) is 55.3 Å². The molecule has 4 nitrogen and oxygen atoms in total. The number of hydrogen-bond acceptors (Lipinski definition) is 3. The molecule has 3 aromatic rings. The number of hydrogen-bond donors (Lipinski definition) is 1. The molecule has 1 aliphatic rings. The van der Waals surface area contributed by atoms with Crippen LogP contribution in [0.3, 0.4) is 0 Å². The standard InChI is InChI=1S/C24H19ClN2O2/c1-15-7-13-19(14-8-15)27-23(28)21(17-9-11-18(25)12-10-17)22(24(27)29)26-20-6-4-3-5-16(20)2/h3-14,26H,1-2H3. The highest BCUT2D eigenvalue weighted by Crippen LogP contribution is 2.34. The highest BCUT2D eigenvalue weighted by atomic mass is 35.5. The van der Waals surface area contributed by atoms with Crippen LogP contribution < -0.4 is 10.2 Å². The fourth-order valence-corrected chi connectivity index (χ4v) is 3.43. The monoisotopic (exact) mass is 402 g/mol. The molecule has 144 valence electrons. The average molecular weight is 403 g/mol. The molecular formula is C24H19ClN2O2. The molecule has 0 fully saturated rings. The fourth-order valence-electron chi connectivity index (χ4n) is 3.31. The molecule has 0 spiro atoms. The van der Waals surface area contributed by atoms with Gasteiger partial charge in [0.2, 0.25) is 0 Å². The Morgan fingerprint density at radius 2 is 1.45 bits per heavy atom. The van der Waals surface area contributed by atoms with Gasteiger partial charge in [0, 0.05) is 10.7 Å². The van der Waals surface area contributed by atoms with Gasteiger partial charge in [-0.1, -0.05) is 59.6 Å². The summed E-state index contributed by atoms with van der Waals surface area (Å²) in [6.07, 6.45) is 0. The average Bonchev–Trinajstić information content (AvgIpc) is 2.95. The molecule has 0 saturated carbocycles. The molecule has 0 bridgehead atoms. The van der Waals surface area contributed by atoms with E-state index in [0.29, 0.717) is 21.8 Å². The number of anilines is 2. The molecule has 29 heavy (non-hydrogen) atoms. The highest BCUT2D eigenvalue weighted by Gasteiger charge is 2.40. The molecule has 1 heterocycles. The van der Waals surface area contributed by atoms with Crippen molar-refractivity contribution in [1.82, 2.24) is 0 Å². The van der Waals surface area contributed by atoms with Crippen LogP contribution in [0.2, 0.25) is 5.02 Å². The SMILES string of the molecule is Cc1ccc(N2C(=O)C(Nc3ccccc3C)=C(c3ccc(Cl)cc3)C2=O)cc1. The Balaban J connectivity index is 1.83. The summed E-state index contributed by atoms with van der Waals surface area (Å²) in [5.74, 6) is -0.746. The van der Waals surface area contributed by atoms with Gasteiger partial charge < -0.3 is 5.32 Å². The molecule has 3 aromatic carbocycles. The van der Waals surface area contributed by atoms with Gasteiger partial charge in [0.15, 0.2) is 0 Å². The summed E-state index contributed by atoms with van der Waals surface area (Å²) in [6, 6.07) is 21.9. The molecule has 0 radical (unpaired) electrons. The van der Waals surface area contributed by atoms with Gasteiger partial charge in [-0.25, -0.2) is 4.90 Å². The zero-order chi connectivity index (χ0) is 20.5. The van der Waals surface area contributed by atoms with Crippen LogP contribution >= 0.6 is 11.6 Å². The van der Waals surface area contributed by atoms with Crippen molar-refractivity contribution in [3.8, 4) is 0 Å². The molecule has 1 N–H and O–H groups in total. The zero-order valence-corrected chi connectivity index (χ0v) is 16.8. The van der Waals surface area contributed by atoms with Crippen LogP contribution in [0.4, 0.5) is 11.4 Å². The third-order valence-electron chi connectivity index (χ3n) is 4.91. The highest BCUT2D eigenvalue weighted by molar-refractivity contribution is 6.46. The molecule has 0 atom stereocenters. The number of aryl methyl sites for hydroxylation is 2. The molecule has 0 saturated heterocycles. The number of halogens is 1. The predicted molar refractivity (Wildman–Crippen MR) is 117 cm³/mol. The normalized spacial score (nSPS) is 14.0. The quantitative estimate of drug-likeness (QED) is 0.598. The molecule has 0 unspecified atom stereocenters. The topological polar surface area (TPSA) is 49.4 Å². The summed E-state index contributed by atoms with van der Waals surface area (Å²) in [7, 11) is 0. The number of para-hydroxylation sites is 1. The van der Waals surface area contributed by atoms with Crippen LogP contribution in [0, 0.1) is 13.8 Å². The van der Waals surface area contributed by atoms with Crippen LogP contribution in [0.15, 0.2) is 78.5 Å². The molecule has 1 aliphatic heterocycles. The Morgan fingerprint density at radius 3 is 2.10 bits per heavy atom. The minimum absolute atomic E-state index is 0.257. The molecule has 5 heteroatoms. The van der Waals surface area contributed by atoms with Gasteiger partial charge >= 0.3 is 0 Å². The van der Waals surface area contributed by atoms with Crippen molar-refractivity contribution < 1.29 is 9.59 Å². The van der Waals surface area contributed by atoms with Crippen LogP contribution in [0.5, 0.6) is 0 Å². The Bertz CT molecular complexity index is 1130. The van der Waals surface area contributed by atoms with Gasteiger partial charge in [-0.15, -0.1) is 0 Å². The molecule has 4 rings (SSSR count). The summed E-state index contributed by atoms with van der Waals surface area (Å²) in [4.78, 5) is 27.9. The lowest BCUT2D eigenvalue weighted by molar-refractivity contribution is -0.120. The summed E-state index contributed by atoms with van der Waals surface area (Å²) >= 11 is 6.02. The van der Waals surface area contributed by atoms with Crippen LogP contribution in [-0.2, 0) is 9.59 Å². The second-order valence-corrected chi connectivity index (χ2v) is 7.41. The number of benzene rings is 3. The van der Waals surface area contributed by atoms with E-state index in [9.17, 15) is 9.59 Å². The maximum Gasteiger partial charge on any atom is 0.282 e. The van der Waals surface area contributed by atoms with Crippen LogP contribution in [0.25, 0.3) is 5.57 Å². The van der Waals surface area contributed by atoms with Gasteiger partial charge in [0.1, 0.15) is 5.70 Å². The Labute approximate surface area is 174 Å². The van der Waals surface area contributed by atoms with E-state index in [1.54, 1.807) is 36.4 Å². The van der Waals surface area contributed by atoms with Gasteiger partial charge in [-0.3, -0.25) is 9.59 Å². The fraction of sp³-hybridized carbons (Fsp3) is 0.0833. The van der Waals surface area contributed by atoms with Crippen molar-refractivity contribution in [1.29, 1.82) is 0 Å². The first-order valence-corrected chi connectivity index (χ1v) is 9.62. The second-order valence-electron chi connectivity index (χ2n) is 6.98. The Kier molecular flexibility index (Phi) is 4.95. The maximum absolute atomic E-state index is 13.3. The van der Waals surface area contributed by atoms with Gasteiger partial charge in [0.25, 0.3) is 11.8 Å². The van der Waals surface area contributed by atoms with Crippen molar-refractivity contribution in [3.63, 3.8) is 0 Å². The summed E-state index contributed by atoms with van der Waals surface area (Å²) in [6.45, 7) is 3.91. The van der Waals surface area contributed by atoms with Crippen LogP contribution in [-0.4, -0.2) is 11.8 Å². The van der Waals surface area contributed by atoms with Gasteiger partial charge in [-0.2, -0.15) is 0 Å². The zero-order valence-electron chi connectivity index (χ0n) is 16.1. The van der Waals surface area contributed by atoms with E-state index in [1.165, 1.54) is 4.90 Å². The van der Waals surface area contributed by atoms with Crippen molar-refractivity contribution in [2.75, 3.05) is 10.2 Å². The number of nitrogens with zero attached hydrogens (tertiary/aromatic N) is 1. The second kappa shape index (κ2) is 7.57. The van der Waals surface area contributed by atoms with Crippen molar-refractivity contribution in [2.45, 2.75) is 13.8 Å². The lowest BCUT2D eigenvalue weighted by atomic mass is 10.0. The number of imide groups is 1. The van der Waals surface area contributed by atoms with E-state index < -0.39 is 0 Å². The molecule has 0 aromatic heterocycles. The summed E-state index contributed by atoms with van der Waals surface area (Å²) in [5.41, 5.74) is 4.57. The number of rotatable bonds is 4. The molecule has 0 aliphatic carbocycles. The number of carbonyl (C=O) groups excluding carboxylic acids is 2. The van der Waals surface area contributed by atoms with E-state index in [4.69, 9.17) is 11.6 Å². The van der Waals surface area contributed by atoms with E-state index in [1.807, 2.05) is 50.2 Å². The third kappa shape index (κ3) is 3.55. The van der Waals surface area contributed by atoms with Crippen molar-refractivity contribution in [3.05, 3.63) is 100 Å². The van der Waals surface area contributed by atoms with E-state index in [-0.39, 0.29) is 17.5 Å². The smallest absolute Gasteiger partial charge is 0.282 e. The van der Waals surface area contributed by atoms with Crippen LogP contribution in [0.1, 0.15) is 16.7 Å². The molecular weight excluding hydrogens is 384 g/mol. The van der Waals surface area contributed by atoms with Crippen molar-refractivity contribution >= 4 is 40.4 Å². The minimum Gasteiger partial charge on any atom is -0.350 e. The first-order chi connectivity index (χ1) is 14.0. The van der Waals surface area contributed by atoms with E-state index in [2.05, 4.69) is 5.32 Å². The number of carbonyl (C=O) groups is 2. The largest absolute Gasteiger partial charge is 0.350 e.